The lowest BCUT2D eigenvalue weighted by Crippen LogP contribution is -2.22. The fourth-order valence-corrected chi connectivity index (χ4v) is 3.88. The van der Waals surface area contributed by atoms with Crippen LogP contribution in [0.5, 0.6) is 17.2 Å². The fourth-order valence-electron chi connectivity index (χ4n) is 3.51. The molecule has 3 aromatic carbocycles. The average Bonchev–Trinajstić information content (AvgIpc) is 3.31. The quantitative estimate of drug-likeness (QED) is 0.348. The molecule has 0 N–H and O–H groups in total. The molecule has 0 bridgehead atoms. The molecule has 8 heteroatoms. The molecule has 1 aliphatic rings. The Morgan fingerprint density at radius 1 is 1.09 bits per heavy atom. The summed E-state index contributed by atoms with van der Waals surface area (Å²) in [5.74, 6) is 2.82. The van der Waals surface area contributed by atoms with Crippen molar-refractivity contribution in [3.05, 3.63) is 92.4 Å². The molecule has 0 spiro atoms. The SMILES string of the molecule is CCc1nc2ccc(Br)cc2c(=O)n1N=Cc1ccc(OCc2ccc3c(c2)OCO3)cc1. The van der Waals surface area contributed by atoms with Crippen LogP contribution in [0.4, 0.5) is 0 Å². The Kier molecular flexibility index (Phi) is 5.83. The lowest BCUT2D eigenvalue weighted by atomic mass is 10.2. The Morgan fingerprint density at radius 3 is 2.73 bits per heavy atom. The predicted octanol–water partition coefficient (Wildman–Crippen LogP) is 4.91. The van der Waals surface area contributed by atoms with Crippen LogP contribution in [0, 0.1) is 0 Å². The van der Waals surface area contributed by atoms with Gasteiger partial charge in [-0.2, -0.15) is 9.78 Å². The van der Waals surface area contributed by atoms with Crippen LogP contribution < -0.4 is 19.8 Å². The van der Waals surface area contributed by atoms with Gasteiger partial charge in [-0.05, 0) is 65.7 Å². The summed E-state index contributed by atoms with van der Waals surface area (Å²) < 4.78 is 18.8. The van der Waals surface area contributed by atoms with E-state index in [1.165, 1.54) is 4.68 Å². The minimum absolute atomic E-state index is 0.196. The van der Waals surface area contributed by atoms with E-state index in [9.17, 15) is 4.79 Å². The summed E-state index contributed by atoms with van der Waals surface area (Å²) in [5.41, 5.74) is 2.30. The van der Waals surface area contributed by atoms with Crippen LogP contribution in [0.3, 0.4) is 0 Å². The van der Waals surface area contributed by atoms with Gasteiger partial charge in [-0.1, -0.05) is 28.9 Å². The standard InChI is InChI=1S/C25H20BrN3O4/c1-2-24-28-21-9-6-18(26)12-20(21)25(30)29(24)27-13-16-3-7-19(8-4-16)31-14-17-5-10-22-23(11-17)33-15-32-22/h3-13H,2,14-15H2,1H3. The minimum Gasteiger partial charge on any atom is -0.489 e. The van der Waals surface area contributed by atoms with Crippen LogP contribution in [0.15, 0.2) is 75.0 Å². The van der Waals surface area contributed by atoms with Gasteiger partial charge in [0.05, 0.1) is 17.1 Å². The van der Waals surface area contributed by atoms with Crippen LogP contribution in [0.25, 0.3) is 10.9 Å². The summed E-state index contributed by atoms with van der Waals surface area (Å²) in [7, 11) is 0. The first kappa shape index (κ1) is 21.2. The van der Waals surface area contributed by atoms with Gasteiger partial charge in [0, 0.05) is 10.9 Å². The van der Waals surface area contributed by atoms with Crippen molar-refractivity contribution < 1.29 is 14.2 Å². The maximum Gasteiger partial charge on any atom is 0.282 e. The molecule has 7 nitrogen and oxygen atoms in total. The van der Waals surface area contributed by atoms with Crippen molar-refractivity contribution in [2.75, 3.05) is 6.79 Å². The molecule has 166 valence electrons. The average molecular weight is 506 g/mol. The van der Waals surface area contributed by atoms with Gasteiger partial charge in [0.25, 0.3) is 5.56 Å². The monoisotopic (exact) mass is 505 g/mol. The van der Waals surface area contributed by atoms with Gasteiger partial charge in [0.1, 0.15) is 18.2 Å². The molecule has 0 fully saturated rings. The Hall–Kier alpha value is -3.65. The summed E-state index contributed by atoms with van der Waals surface area (Å²) in [5, 5.41) is 4.94. The van der Waals surface area contributed by atoms with Crippen LogP contribution in [0.1, 0.15) is 23.9 Å². The first-order valence-electron chi connectivity index (χ1n) is 10.5. The third kappa shape index (κ3) is 4.47. The maximum atomic E-state index is 13.0. The van der Waals surface area contributed by atoms with Crippen molar-refractivity contribution in [2.45, 2.75) is 20.0 Å². The summed E-state index contributed by atoms with van der Waals surface area (Å²) >= 11 is 3.41. The van der Waals surface area contributed by atoms with Crippen molar-refractivity contribution in [1.29, 1.82) is 0 Å². The number of ether oxygens (including phenoxy) is 3. The Morgan fingerprint density at radius 2 is 1.91 bits per heavy atom. The molecule has 0 atom stereocenters. The molecule has 0 unspecified atom stereocenters. The molecular weight excluding hydrogens is 486 g/mol. The van der Waals surface area contributed by atoms with Gasteiger partial charge in [-0.25, -0.2) is 4.98 Å². The van der Waals surface area contributed by atoms with E-state index in [0.29, 0.717) is 29.8 Å². The highest BCUT2D eigenvalue weighted by molar-refractivity contribution is 9.10. The van der Waals surface area contributed by atoms with Gasteiger partial charge < -0.3 is 14.2 Å². The normalized spacial score (nSPS) is 12.5. The number of hydrogen-bond acceptors (Lipinski definition) is 6. The number of nitrogens with zero attached hydrogens (tertiary/aromatic N) is 3. The van der Waals surface area contributed by atoms with Crippen molar-refractivity contribution in [1.82, 2.24) is 9.66 Å². The predicted molar refractivity (Wildman–Crippen MR) is 129 cm³/mol. The molecule has 4 aromatic rings. The van der Waals surface area contributed by atoms with Crippen LogP contribution in [0.2, 0.25) is 0 Å². The third-order valence-corrected chi connectivity index (χ3v) is 5.73. The summed E-state index contributed by atoms with van der Waals surface area (Å²) in [4.78, 5) is 17.6. The van der Waals surface area contributed by atoms with E-state index < -0.39 is 0 Å². The lowest BCUT2D eigenvalue weighted by molar-refractivity contribution is 0.174. The van der Waals surface area contributed by atoms with E-state index in [1.807, 2.05) is 61.5 Å². The summed E-state index contributed by atoms with van der Waals surface area (Å²) in [6.45, 7) is 2.61. The molecule has 1 aliphatic heterocycles. The van der Waals surface area contributed by atoms with Gasteiger partial charge in [-0.15, -0.1) is 0 Å². The zero-order chi connectivity index (χ0) is 22.8. The first-order chi connectivity index (χ1) is 16.1. The molecule has 5 rings (SSSR count). The summed E-state index contributed by atoms with van der Waals surface area (Å²) in [6, 6.07) is 18.7. The molecule has 0 radical (unpaired) electrons. The number of benzene rings is 3. The number of aromatic nitrogens is 2. The highest BCUT2D eigenvalue weighted by Crippen LogP contribution is 2.32. The van der Waals surface area contributed by atoms with Crippen molar-refractivity contribution >= 4 is 33.0 Å². The highest BCUT2D eigenvalue weighted by Gasteiger charge is 2.13. The number of hydrogen-bond donors (Lipinski definition) is 0. The van der Waals surface area contributed by atoms with Gasteiger partial charge >= 0.3 is 0 Å². The lowest BCUT2D eigenvalue weighted by Gasteiger charge is -2.08. The molecule has 1 aromatic heterocycles. The number of fused-ring (bicyclic) bond motifs is 2. The second-order valence-corrected chi connectivity index (χ2v) is 8.37. The molecule has 0 saturated heterocycles. The molecule has 0 aliphatic carbocycles. The number of rotatable bonds is 6. The Labute approximate surface area is 198 Å². The zero-order valence-corrected chi connectivity index (χ0v) is 19.4. The van der Waals surface area contributed by atoms with Gasteiger partial charge in [-0.3, -0.25) is 4.79 Å². The largest absolute Gasteiger partial charge is 0.489 e. The third-order valence-electron chi connectivity index (χ3n) is 5.24. The van der Waals surface area contributed by atoms with E-state index in [2.05, 4.69) is 26.0 Å². The van der Waals surface area contributed by atoms with E-state index in [-0.39, 0.29) is 12.4 Å². The van der Waals surface area contributed by atoms with Gasteiger partial charge in [0.2, 0.25) is 6.79 Å². The maximum absolute atomic E-state index is 13.0. The smallest absolute Gasteiger partial charge is 0.282 e. The number of halogens is 1. The van der Waals surface area contributed by atoms with Crippen molar-refractivity contribution in [2.24, 2.45) is 5.10 Å². The second-order valence-electron chi connectivity index (χ2n) is 7.45. The minimum atomic E-state index is -0.196. The molecule has 0 saturated carbocycles. The highest BCUT2D eigenvalue weighted by atomic mass is 79.9. The van der Waals surface area contributed by atoms with Crippen LogP contribution in [-0.2, 0) is 13.0 Å². The van der Waals surface area contributed by atoms with Gasteiger partial charge in [0.15, 0.2) is 11.5 Å². The number of aryl methyl sites for hydroxylation is 1. The molecule has 0 amide bonds. The van der Waals surface area contributed by atoms with Crippen molar-refractivity contribution in [3.8, 4) is 17.2 Å². The molecule has 2 heterocycles. The summed E-state index contributed by atoms with van der Waals surface area (Å²) in [6.07, 6.45) is 2.24. The zero-order valence-electron chi connectivity index (χ0n) is 17.8. The van der Waals surface area contributed by atoms with E-state index in [1.54, 1.807) is 12.3 Å². The van der Waals surface area contributed by atoms with E-state index in [0.717, 1.165) is 32.8 Å². The molecule has 33 heavy (non-hydrogen) atoms. The van der Waals surface area contributed by atoms with E-state index >= 15 is 0 Å². The second kappa shape index (κ2) is 9.07. The Balaban J connectivity index is 1.32. The van der Waals surface area contributed by atoms with E-state index in [4.69, 9.17) is 14.2 Å². The first-order valence-corrected chi connectivity index (χ1v) is 11.3. The molecular formula is C25H20BrN3O4. The van der Waals surface area contributed by atoms with Crippen LogP contribution >= 0.6 is 15.9 Å². The fraction of sp³-hybridized carbons (Fsp3) is 0.160. The van der Waals surface area contributed by atoms with Crippen molar-refractivity contribution in [3.63, 3.8) is 0 Å². The van der Waals surface area contributed by atoms with Crippen LogP contribution in [-0.4, -0.2) is 22.7 Å². The Bertz CT molecular complexity index is 1410. The topological polar surface area (TPSA) is 74.9 Å².